The largest absolute Gasteiger partial charge is 0.308 e. The zero-order valence-electron chi connectivity index (χ0n) is 12.8. The average Bonchev–Trinajstić information content (AvgIpc) is 2.44. The summed E-state index contributed by atoms with van der Waals surface area (Å²) in [6, 6.07) is 17.2. The van der Waals surface area contributed by atoms with E-state index in [1.807, 2.05) is 11.8 Å². The van der Waals surface area contributed by atoms with Crippen LogP contribution in [0.3, 0.4) is 0 Å². The van der Waals surface area contributed by atoms with Crippen molar-refractivity contribution in [1.82, 2.24) is 5.32 Å². The number of rotatable bonds is 5. The predicted octanol–water partition coefficient (Wildman–Crippen LogP) is 5.63. The highest BCUT2D eigenvalue weighted by Gasteiger charge is 2.10. The van der Waals surface area contributed by atoms with E-state index < -0.39 is 0 Å². The van der Waals surface area contributed by atoms with Crippen LogP contribution in [-0.2, 0) is 12.3 Å². The van der Waals surface area contributed by atoms with Crippen molar-refractivity contribution >= 4 is 27.7 Å². The molecule has 0 saturated heterocycles. The van der Waals surface area contributed by atoms with Gasteiger partial charge in [0, 0.05) is 27.2 Å². The highest BCUT2D eigenvalue weighted by Crippen LogP contribution is 2.28. The summed E-state index contributed by atoms with van der Waals surface area (Å²) in [6.07, 6.45) is 0. The fourth-order valence-corrected chi connectivity index (χ4v) is 3.42. The molecular formula is C18H22BrNS. The molecule has 0 unspecified atom stereocenters. The van der Waals surface area contributed by atoms with E-state index in [1.54, 1.807) is 0 Å². The monoisotopic (exact) mass is 363 g/mol. The van der Waals surface area contributed by atoms with Crippen LogP contribution in [0.2, 0.25) is 0 Å². The standard InChI is InChI=1S/C18H22BrNS/c1-18(2,3)20-12-15-9-10-16(11-17(15)19)21-13-14-7-5-4-6-8-14/h4-11,20H,12-13H2,1-3H3. The van der Waals surface area contributed by atoms with E-state index >= 15 is 0 Å². The van der Waals surface area contributed by atoms with Gasteiger partial charge in [0.2, 0.25) is 0 Å². The fraction of sp³-hybridized carbons (Fsp3) is 0.333. The maximum atomic E-state index is 3.69. The molecule has 0 aliphatic heterocycles. The Morgan fingerprint density at radius 3 is 2.38 bits per heavy atom. The van der Waals surface area contributed by atoms with Crippen LogP contribution in [0.5, 0.6) is 0 Å². The minimum atomic E-state index is 0.139. The summed E-state index contributed by atoms with van der Waals surface area (Å²) in [5, 5.41) is 3.52. The van der Waals surface area contributed by atoms with Crippen molar-refractivity contribution in [3.63, 3.8) is 0 Å². The molecule has 2 aromatic rings. The summed E-state index contributed by atoms with van der Waals surface area (Å²) in [6.45, 7) is 7.44. The minimum Gasteiger partial charge on any atom is -0.308 e. The molecule has 1 nitrogen and oxygen atoms in total. The van der Waals surface area contributed by atoms with Crippen LogP contribution >= 0.6 is 27.7 Å². The molecule has 0 spiro atoms. The molecule has 3 heteroatoms. The lowest BCUT2D eigenvalue weighted by molar-refractivity contribution is 0.424. The number of benzene rings is 2. The summed E-state index contributed by atoms with van der Waals surface area (Å²) < 4.78 is 1.18. The third kappa shape index (κ3) is 5.85. The number of thioether (sulfide) groups is 1. The molecule has 112 valence electrons. The number of nitrogens with one attached hydrogen (secondary N) is 1. The van der Waals surface area contributed by atoms with Gasteiger partial charge in [-0.2, -0.15) is 0 Å². The van der Waals surface area contributed by atoms with E-state index in [0.717, 1.165) is 12.3 Å². The van der Waals surface area contributed by atoms with E-state index in [2.05, 4.69) is 90.5 Å². The van der Waals surface area contributed by atoms with E-state index in [0.29, 0.717) is 0 Å². The fourth-order valence-electron chi connectivity index (χ4n) is 1.86. The lowest BCUT2D eigenvalue weighted by atomic mass is 10.1. The van der Waals surface area contributed by atoms with Gasteiger partial charge in [-0.05, 0) is 44.0 Å². The Bertz CT molecular complexity index is 576. The first-order chi connectivity index (χ1) is 9.94. The molecule has 2 rings (SSSR count). The maximum absolute atomic E-state index is 3.69. The lowest BCUT2D eigenvalue weighted by Gasteiger charge is -2.21. The van der Waals surface area contributed by atoms with Gasteiger partial charge in [0.25, 0.3) is 0 Å². The second-order valence-electron chi connectivity index (χ2n) is 6.13. The summed E-state index contributed by atoms with van der Waals surface area (Å²) in [5.41, 5.74) is 2.80. The van der Waals surface area contributed by atoms with E-state index in [-0.39, 0.29) is 5.54 Å². The zero-order valence-corrected chi connectivity index (χ0v) is 15.2. The minimum absolute atomic E-state index is 0.139. The third-order valence-electron chi connectivity index (χ3n) is 3.08. The van der Waals surface area contributed by atoms with Gasteiger partial charge in [-0.25, -0.2) is 0 Å². The van der Waals surface area contributed by atoms with Gasteiger partial charge in [-0.3, -0.25) is 0 Å². The summed E-state index contributed by atoms with van der Waals surface area (Å²) in [7, 11) is 0. The van der Waals surface area contributed by atoms with Crippen LogP contribution < -0.4 is 5.32 Å². The smallest absolute Gasteiger partial charge is 0.0231 e. The van der Waals surface area contributed by atoms with Crippen molar-refractivity contribution in [2.45, 2.75) is 43.5 Å². The summed E-state index contributed by atoms with van der Waals surface area (Å²) >= 11 is 5.56. The van der Waals surface area contributed by atoms with Crippen molar-refractivity contribution in [2.24, 2.45) is 0 Å². The summed E-state index contributed by atoms with van der Waals surface area (Å²) in [5.74, 6) is 1.01. The van der Waals surface area contributed by atoms with Gasteiger partial charge >= 0.3 is 0 Å². The molecule has 0 atom stereocenters. The van der Waals surface area contributed by atoms with Crippen LogP contribution in [0.25, 0.3) is 0 Å². The zero-order chi connectivity index (χ0) is 15.3. The van der Waals surface area contributed by atoms with Crippen molar-refractivity contribution in [2.75, 3.05) is 0 Å². The first kappa shape index (κ1) is 16.6. The van der Waals surface area contributed by atoms with Crippen molar-refractivity contribution in [1.29, 1.82) is 0 Å². The Hall–Kier alpha value is -0.770. The number of halogens is 1. The van der Waals surface area contributed by atoms with E-state index in [4.69, 9.17) is 0 Å². The highest BCUT2D eigenvalue weighted by atomic mass is 79.9. The second kappa shape index (κ2) is 7.48. The molecule has 0 amide bonds. The Labute approximate surface area is 140 Å². The molecule has 0 aromatic heterocycles. The molecule has 0 heterocycles. The topological polar surface area (TPSA) is 12.0 Å². The third-order valence-corrected chi connectivity index (χ3v) is 4.89. The van der Waals surface area contributed by atoms with Gasteiger partial charge in [0.1, 0.15) is 0 Å². The van der Waals surface area contributed by atoms with Crippen LogP contribution in [0, 0.1) is 0 Å². The maximum Gasteiger partial charge on any atom is 0.0231 e. The van der Waals surface area contributed by atoms with Gasteiger partial charge in [0.05, 0.1) is 0 Å². The normalized spacial score (nSPS) is 11.6. The number of hydrogen-bond donors (Lipinski definition) is 1. The first-order valence-corrected chi connectivity index (χ1v) is 8.92. The van der Waals surface area contributed by atoms with E-state index in [1.165, 1.54) is 20.5 Å². The Morgan fingerprint density at radius 1 is 1.05 bits per heavy atom. The van der Waals surface area contributed by atoms with Crippen LogP contribution in [0.15, 0.2) is 57.9 Å². The first-order valence-electron chi connectivity index (χ1n) is 7.14. The summed E-state index contributed by atoms with van der Waals surface area (Å²) in [4.78, 5) is 1.30. The van der Waals surface area contributed by atoms with Crippen LogP contribution in [0.1, 0.15) is 31.9 Å². The van der Waals surface area contributed by atoms with Crippen LogP contribution in [0.4, 0.5) is 0 Å². The van der Waals surface area contributed by atoms with Gasteiger partial charge in [0.15, 0.2) is 0 Å². The highest BCUT2D eigenvalue weighted by molar-refractivity contribution is 9.10. The molecule has 0 aliphatic carbocycles. The van der Waals surface area contributed by atoms with Gasteiger partial charge < -0.3 is 5.32 Å². The van der Waals surface area contributed by atoms with Crippen molar-refractivity contribution in [3.05, 3.63) is 64.1 Å². The average molecular weight is 364 g/mol. The number of hydrogen-bond acceptors (Lipinski definition) is 2. The Kier molecular flexibility index (Phi) is 5.91. The van der Waals surface area contributed by atoms with Crippen molar-refractivity contribution < 1.29 is 0 Å². The second-order valence-corrected chi connectivity index (χ2v) is 8.03. The molecule has 0 fully saturated rings. The van der Waals surface area contributed by atoms with Gasteiger partial charge in [-0.1, -0.05) is 52.3 Å². The Morgan fingerprint density at radius 2 is 1.76 bits per heavy atom. The molecule has 0 bridgehead atoms. The van der Waals surface area contributed by atoms with Crippen molar-refractivity contribution in [3.8, 4) is 0 Å². The SMILES string of the molecule is CC(C)(C)NCc1ccc(SCc2ccccc2)cc1Br. The molecular weight excluding hydrogens is 342 g/mol. The molecule has 2 aromatic carbocycles. The molecule has 1 N–H and O–H groups in total. The predicted molar refractivity (Wildman–Crippen MR) is 96.7 cm³/mol. The molecule has 21 heavy (non-hydrogen) atoms. The quantitative estimate of drug-likeness (QED) is 0.690. The molecule has 0 saturated carbocycles. The lowest BCUT2D eigenvalue weighted by Crippen LogP contribution is -2.35. The van der Waals surface area contributed by atoms with E-state index in [9.17, 15) is 0 Å². The Balaban J connectivity index is 1.95. The van der Waals surface area contributed by atoms with Crippen LogP contribution in [-0.4, -0.2) is 5.54 Å². The van der Waals surface area contributed by atoms with Gasteiger partial charge in [-0.15, -0.1) is 11.8 Å². The molecule has 0 radical (unpaired) electrons. The molecule has 0 aliphatic rings.